The van der Waals surface area contributed by atoms with Gasteiger partial charge in [0.2, 0.25) is 0 Å². The van der Waals surface area contributed by atoms with Gasteiger partial charge in [0.05, 0.1) is 26.4 Å². The largest absolute Gasteiger partial charge is 0.493 e. The first kappa shape index (κ1) is 33.2. The molecule has 2 saturated heterocycles. The fourth-order valence-electron chi connectivity index (χ4n) is 8.16. The molecular weight excluding hydrogens is 624 g/mol. The summed E-state index contributed by atoms with van der Waals surface area (Å²) in [6.45, 7) is 6.28. The number of epoxide rings is 2. The Morgan fingerprint density at radius 1 is 0.480 bits per heavy atom. The van der Waals surface area contributed by atoms with Gasteiger partial charge in [0.1, 0.15) is 48.4 Å². The summed E-state index contributed by atoms with van der Waals surface area (Å²) in [5.41, 5.74) is 5.58. The molecular formula is C44H50O6. The lowest BCUT2D eigenvalue weighted by Crippen LogP contribution is -2.24. The molecule has 2 heterocycles. The molecule has 262 valence electrons. The number of hydrogen-bond acceptors (Lipinski definition) is 6. The fourth-order valence-corrected chi connectivity index (χ4v) is 8.16. The Kier molecular flexibility index (Phi) is 9.75. The van der Waals surface area contributed by atoms with Crippen LogP contribution in [0.5, 0.6) is 23.0 Å². The second kappa shape index (κ2) is 14.7. The lowest BCUT2D eigenvalue weighted by molar-refractivity contribution is 0.188. The molecule has 2 saturated carbocycles. The molecule has 4 fully saturated rings. The Morgan fingerprint density at radius 2 is 0.760 bits per heavy atom. The summed E-state index contributed by atoms with van der Waals surface area (Å²) in [5.74, 6) is 3.89. The molecule has 4 aliphatic rings. The van der Waals surface area contributed by atoms with Gasteiger partial charge in [-0.05, 0) is 96.5 Å². The second-order valence-electron chi connectivity index (χ2n) is 14.9. The minimum absolute atomic E-state index is 0.0512. The van der Waals surface area contributed by atoms with E-state index in [1.807, 2.05) is 0 Å². The number of rotatable bonds is 16. The van der Waals surface area contributed by atoms with Gasteiger partial charge in [-0.15, -0.1) is 0 Å². The van der Waals surface area contributed by atoms with Gasteiger partial charge in [-0.2, -0.15) is 0 Å². The van der Waals surface area contributed by atoms with Crippen LogP contribution < -0.4 is 18.9 Å². The molecule has 0 amide bonds. The summed E-state index contributed by atoms with van der Waals surface area (Å²) in [5, 5.41) is 0. The van der Waals surface area contributed by atoms with E-state index in [4.69, 9.17) is 28.4 Å². The number of ether oxygens (including phenoxy) is 6. The monoisotopic (exact) mass is 674 g/mol. The lowest BCUT2D eigenvalue weighted by Gasteiger charge is -2.31. The highest BCUT2D eigenvalue weighted by molar-refractivity contribution is 5.45. The van der Waals surface area contributed by atoms with E-state index in [1.54, 1.807) is 0 Å². The first-order valence-corrected chi connectivity index (χ1v) is 18.7. The van der Waals surface area contributed by atoms with Crippen LogP contribution >= 0.6 is 0 Å². The van der Waals surface area contributed by atoms with E-state index < -0.39 is 0 Å². The highest BCUT2D eigenvalue weighted by Gasteiger charge is 2.38. The van der Waals surface area contributed by atoms with Gasteiger partial charge in [-0.3, -0.25) is 0 Å². The average molecular weight is 675 g/mol. The van der Waals surface area contributed by atoms with Crippen LogP contribution in [0, 0.1) is 5.92 Å². The van der Waals surface area contributed by atoms with Gasteiger partial charge in [0.15, 0.2) is 0 Å². The predicted octanol–water partition coefficient (Wildman–Crippen LogP) is 9.06. The summed E-state index contributed by atoms with van der Waals surface area (Å²) < 4.78 is 34.8. The minimum atomic E-state index is 0.0512. The van der Waals surface area contributed by atoms with Crippen LogP contribution in [0.4, 0.5) is 0 Å². The van der Waals surface area contributed by atoms with Gasteiger partial charge in [0.25, 0.3) is 0 Å². The quantitative estimate of drug-likeness (QED) is 0.111. The minimum Gasteiger partial charge on any atom is -0.493 e. The van der Waals surface area contributed by atoms with Crippen molar-refractivity contribution in [1.82, 2.24) is 0 Å². The Hall–Kier alpha value is -4.00. The average Bonchev–Trinajstić information content (AvgIpc) is 4.08. The van der Waals surface area contributed by atoms with Crippen molar-refractivity contribution in [2.75, 3.05) is 39.6 Å². The molecule has 2 aliphatic heterocycles. The third-order valence-electron chi connectivity index (χ3n) is 11.3. The molecule has 2 aliphatic carbocycles. The Morgan fingerprint density at radius 3 is 1.04 bits per heavy atom. The van der Waals surface area contributed by atoms with Gasteiger partial charge >= 0.3 is 0 Å². The van der Waals surface area contributed by atoms with Gasteiger partial charge in [-0.25, -0.2) is 0 Å². The molecule has 6 nitrogen and oxygen atoms in total. The molecule has 0 bridgehead atoms. The maximum atomic E-state index is 6.24. The van der Waals surface area contributed by atoms with Gasteiger partial charge in [0, 0.05) is 16.7 Å². The Bertz CT molecular complexity index is 1530. The zero-order valence-electron chi connectivity index (χ0n) is 29.3. The molecule has 2 atom stereocenters. The molecule has 0 aromatic heterocycles. The van der Waals surface area contributed by atoms with Crippen LogP contribution in [-0.2, 0) is 20.3 Å². The van der Waals surface area contributed by atoms with Gasteiger partial charge < -0.3 is 28.4 Å². The SMILES string of the molecule is CC(COc1ccc(C2(c3ccc(OCC4CO4)cc3)CCCC2)cc1)COc1ccc(C2(c3ccc(OCC4CO4)cc3)CCCC2)cc1. The highest BCUT2D eigenvalue weighted by atomic mass is 16.6. The zero-order valence-corrected chi connectivity index (χ0v) is 29.3. The highest BCUT2D eigenvalue weighted by Crippen LogP contribution is 2.48. The van der Waals surface area contributed by atoms with Crippen molar-refractivity contribution in [3.8, 4) is 23.0 Å². The Balaban J connectivity index is 0.836. The van der Waals surface area contributed by atoms with Crippen molar-refractivity contribution >= 4 is 0 Å². The van der Waals surface area contributed by atoms with Crippen LogP contribution in [0.25, 0.3) is 0 Å². The van der Waals surface area contributed by atoms with E-state index in [0.717, 1.165) is 36.2 Å². The third kappa shape index (κ3) is 7.52. The molecule has 0 radical (unpaired) electrons. The maximum Gasteiger partial charge on any atom is 0.119 e. The Labute approximate surface area is 297 Å². The van der Waals surface area contributed by atoms with Crippen LogP contribution in [-0.4, -0.2) is 51.8 Å². The summed E-state index contributed by atoms with van der Waals surface area (Å²) in [4.78, 5) is 0. The molecule has 0 spiro atoms. The maximum absolute atomic E-state index is 6.24. The van der Waals surface area contributed by atoms with E-state index >= 15 is 0 Å². The van der Waals surface area contributed by atoms with Crippen LogP contribution in [0.3, 0.4) is 0 Å². The van der Waals surface area contributed by atoms with Crippen molar-refractivity contribution in [2.24, 2.45) is 5.92 Å². The van der Waals surface area contributed by atoms with E-state index in [0.29, 0.717) is 26.4 Å². The topological polar surface area (TPSA) is 62.0 Å². The van der Waals surface area contributed by atoms with E-state index in [2.05, 4.69) is 104 Å². The molecule has 50 heavy (non-hydrogen) atoms. The number of benzene rings is 4. The molecule has 0 N–H and O–H groups in total. The normalized spacial score (nSPS) is 22.1. The lowest BCUT2D eigenvalue weighted by atomic mass is 9.73. The van der Waals surface area contributed by atoms with Crippen LogP contribution in [0.15, 0.2) is 97.1 Å². The van der Waals surface area contributed by atoms with Crippen molar-refractivity contribution in [2.45, 2.75) is 81.3 Å². The molecule has 8 rings (SSSR count). The van der Waals surface area contributed by atoms with Crippen molar-refractivity contribution in [1.29, 1.82) is 0 Å². The van der Waals surface area contributed by atoms with E-state index in [-0.39, 0.29) is 29.0 Å². The first-order valence-electron chi connectivity index (χ1n) is 18.7. The predicted molar refractivity (Wildman–Crippen MR) is 195 cm³/mol. The third-order valence-corrected chi connectivity index (χ3v) is 11.3. The molecule has 2 unspecified atom stereocenters. The van der Waals surface area contributed by atoms with Crippen molar-refractivity contribution in [3.63, 3.8) is 0 Å². The van der Waals surface area contributed by atoms with Crippen LogP contribution in [0.1, 0.15) is 80.5 Å². The smallest absolute Gasteiger partial charge is 0.119 e. The first-order chi connectivity index (χ1) is 24.6. The standard InChI is InChI=1S/C44H50O6/c1-32(26-45-37-14-6-33(7-15-37)43(22-2-3-23-43)35-10-18-39(19-11-35)47-28-41-30-49-41)27-46-38-16-8-34(9-17-38)44(24-4-5-25-44)36-12-20-40(21-13-36)48-29-42-31-50-42/h6-21,32,41-42H,2-5,22-31H2,1H3. The van der Waals surface area contributed by atoms with Crippen molar-refractivity contribution < 1.29 is 28.4 Å². The summed E-state index contributed by atoms with van der Waals surface area (Å²) in [6, 6.07) is 35.1. The number of hydrogen-bond donors (Lipinski definition) is 0. The summed E-state index contributed by atoms with van der Waals surface area (Å²) in [6.07, 6.45) is 10.2. The fraction of sp³-hybridized carbons (Fsp3) is 0.455. The molecule has 4 aromatic carbocycles. The summed E-state index contributed by atoms with van der Waals surface area (Å²) >= 11 is 0. The van der Waals surface area contributed by atoms with E-state index in [9.17, 15) is 0 Å². The zero-order chi connectivity index (χ0) is 33.8. The summed E-state index contributed by atoms with van der Waals surface area (Å²) in [7, 11) is 0. The van der Waals surface area contributed by atoms with E-state index in [1.165, 1.54) is 73.6 Å². The second-order valence-corrected chi connectivity index (χ2v) is 14.9. The van der Waals surface area contributed by atoms with Gasteiger partial charge in [-0.1, -0.05) is 81.1 Å². The van der Waals surface area contributed by atoms with Crippen molar-refractivity contribution in [3.05, 3.63) is 119 Å². The molecule has 4 aromatic rings. The van der Waals surface area contributed by atoms with Crippen LogP contribution in [0.2, 0.25) is 0 Å². The molecule has 6 heteroatoms.